The molecule has 1 unspecified atom stereocenters. The van der Waals surface area contributed by atoms with Crippen LogP contribution in [0.15, 0.2) is 22.7 Å². The number of thioether (sulfide) groups is 1. The van der Waals surface area contributed by atoms with E-state index in [1.54, 1.807) is 11.3 Å². The van der Waals surface area contributed by atoms with Gasteiger partial charge in [-0.3, -0.25) is 9.89 Å². The van der Waals surface area contributed by atoms with Gasteiger partial charge in [-0.1, -0.05) is 24.8 Å². The van der Waals surface area contributed by atoms with E-state index in [2.05, 4.69) is 26.6 Å². The molecule has 2 heterocycles. The smallest absolute Gasteiger partial charge is 0.230 e. The highest BCUT2D eigenvalue weighted by molar-refractivity contribution is 7.99. The predicted octanol–water partition coefficient (Wildman–Crippen LogP) is 2.46. The second kappa shape index (κ2) is 7.44. The number of carbonyl (C=O) groups is 1. The Labute approximate surface area is 126 Å². The molecular formula is C13H18N4OS2. The molecule has 0 aromatic carbocycles. The molecule has 0 saturated heterocycles. The normalized spacial score (nSPS) is 12.3. The van der Waals surface area contributed by atoms with Crippen molar-refractivity contribution in [2.45, 2.75) is 37.9 Å². The van der Waals surface area contributed by atoms with E-state index < -0.39 is 0 Å². The van der Waals surface area contributed by atoms with Crippen LogP contribution in [0.4, 0.5) is 0 Å². The molecule has 0 bridgehead atoms. The number of nitrogens with zero attached hydrogens (tertiary/aromatic N) is 2. The van der Waals surface area contributed by atoms with Gasteiger partial charge in [0.05, 0.1) is 5.75 Å². The number of H-pyrrole nitrogens is 1. The van der Waals surface area contributed by atoms with E-state index in [1.165, 1.54) is 16.6 Å². The predicted molar refractivity (Wildman–Crippen MR) is 82.1 cm³/mol. The molecule has 1 amide bonds. The van der Waals surface area contributed by atoms with Gasteiger partial charge in [-0.2, -0.15) is 0 Å². The Morgan fingerprint density at radius 3 is 3.15 bits per heavy atom. The maximum Gasteiger partial charge on any atom is 0.230 e. The first-order chi connectivity index (χ1) is 9.67. The number of hydrogen-bond donors (Lipinski definition) is 2. The molecule has 2 rings (SSSR count). The highest BCUT2D eigenvalue weighted by atomic mass is 32.2. The summed E-state index contributed by atoms with van der Waals surface area (Å²) in [7, 11) is 0. The minimum Gasteiger partial charge on any atom is -0.353 e. The van der Waals surface area contributed by atoms with E-state index in [0.717, 1.165) is 18.7 Å². The zero-order valence-corrected chi connectivity index (χ0v) is 13.2. The highest BCUT2D eigenvalue weighted by Crippen LogP contribution is 2.16. The van der Waals surface area contributed by atoms with Crippen LogP contribution in [0.25, 0.3) is 0 Å². The van der Waals surface area contributed by atoms with Gasteiger partial charge in [-0.25, -0.2) is 4.98 Å². The molecule has 0 aliphatic heterocycles. The maximum absolute atomic E-state index is 11.7. The zero-order chi connectivity index (χ0) is 14.4. The van der Waals surface area contributed by atoms with Crippen molar-refractivity contribution in [2.24, 2.45) is 0 Å². The molecular weight excluding hydrogens is 292 g/mol. The highest BCUT2D eigenvalue weighted by Gasteiger charge is 2.09. The van der Waals surface area contributed by atoms with Crippen LogP contribution in [0.5, 0.6) is 0 Å². The number of aromatic nitrogens is 3. The molecule has 7 heteroatoms. The quantitative estimate of drug-likeness (QED) is 0.771. The summed E-state index contributed by atoms with van der Waals surface area (Å²) >= 11 is 3.05. The van der Waals surface area contributed by atoms with E-state index in [9.17, 15) is 4.79 Å². The molecule has 108 valence electrons. The van der Waals surface area contributed by atoms with Crippen molar-refractivity contribution >= 4 is 29.0 Å². The molecule has 1 atom stereocenters. The fourth-order valence-electron chi connectivity index (χ4n) is 1.55. The van der Waals surface area contributed by atoms with Gasteiger partial charge in [-0.05, 0) is 24.8 Å². The van der Waals surface area contributed by atoms with Crippen LogP contribution in [-0.2, 0) is 11.2 Å². The number of rotatable bonds is 7. The molecule has 0 aliphatic rings. The standard InChI is InChI=1S/C13H18N4OS2/c1-3-9(2)14-12(18)8-20-13-15-11(16-17-13)7-10-5-4-6-19-10/h4-6,9H,3,7-8H2,1-2H3,(H,14,18)(H,15,16,17). The molecule has 0 radical (unpaired) electrons. The SMILES string of the molecule is CCC(C)NC(=O)CSc1n[nH]c(Cc2cccs2)n1. The lowest BCUT2D eigenvalue weighted by molar-refractivity contribution is -0.119. The van der Waals surface area contributed by atoms with Gasteiger partial charge >= 0.3 is 0 Å². The molecule has 2 aromatic heterocycles. The fraction of sp³-hybridized carbons (Fsp3) is 0.462. The third-order valence-corrected chi connectivity index (χ3v) is 4.51. The minimum atomic E-state index is 0.0222. The zero-order valence-electron chi connectivity index (χ0n) is 11.5. The Balaban J connectivity index is 1.79. The molecule has 5 nitrogen and oxygen atoms in total. The van der Waals surface area contributed by atoms with Crippen LogP contribution in [0.3, 0.4) is 0 Å². The van der Waals surface area contributed by atoms with Crippen molar-refractivity contribution in [2.75, 3.05) is 5.75 Å². The minimum absolute atomic E-state index is 0.0222. The molecule has 20 heavy (non-hydrogen) atoms. The van der Waals surface area contributed by atoms with Crippen LogP contribution < -0.4 is 5.32 Å². The summed E-state index contributed by atoms with van der Waals surface area (Å²) in [6.07, 6.45) is 1.69. The Hall–Kier alpha value is -1.34. The maximum atomic E-state index is 11.7. The molecule has 0 saturated carbocycles. The number of nitrogens with one attached hydrogen (secondary N) is 2. The molecule has 2 aromatic rings. The third-order valence-electron chi connectivity index (χ3n) is 2.79. The monoisotopic (exact) mass is 310 g/mol. The van der Waals surface area contributed by atoms with Crippen molar-refractivity contribution in [1.82, 2.24) is 20.5 Å². The van der Waals surface area contributed by atoms with Gasteiger partial charge in [-0.15, -0.1) is 16.4 Å². The Morgan fingerprint density at radius 2 is 2.45 bits per heavy atom. The average molecular weight is 310 g/mol. The largest absolute Gasteiger partial charge is 0.353 e. The van der Waals surface area contributed by atoms with Gasteiger partial charge in [0.2, 0.25) is 11.1 Å². The Kier molecular flexibility index (Phi) is 5.60. The van der Waals surface area contributed by atoms with Crippen molar-refractivity contribution in [3.05, 3.63) is 28.2 Å². The van der Waals surface area contributed by atoms with Gasteiger partial charge in [0.1, 0.15) is 5.82 Å². The lowest BCUT2D eigenvalue weighted by Crippen LogP contribution is -2.33. The summed E-state index contributed by atoms with van der Waals surface area (Å²) in [6.45, 7) is 4.04. The first kappa shape index (κ1) is 15.1. The summed E-state index contributed by atoms with van der Waals surface area (Å²) in [5.74, 6) is 1.20. The summed E-state index contributed by atoms with van der Waals surface area (Å²) in [5, 5.41) is 12.6. The van der Waals surface area contributed by atoms with Crippen LogP contribution in [0, 0.1) is 0 Å². The van der Waals surface area contributed by atoms with Crippen LogP contribution in [0.1, 0.15) is 31.0 Å². The fourth-order valence-corrected chi connectivity index (χ4v) is 2.89. The van der Waals surface area contributed by atoms with Crippen molar-refractivity contribution in [1.29, 1.82) is 0 Å². The summed E-state index contributed by atoms with van der Waals surface area (Å²) in [5.41, 5.74) is 0. The van der Waals surface area contributed by atoms with Gasteiger partial charge in [0.15, 0.2) is 0 Å². The van der Waals surface area contributed by atoms with Crippen molar-refractivity contribution in [3.8, 4) is 0 Å². The van der Waals surface area contributed by atoms with Gasteiger partial charge in [0, 0.05) is 17.3 Å². The van der Waals surface area contributed by atoms with E-state index in [4.69, 9.17) is 0 Å². The second-order valence-electron chi connectivity index (χ2n) is 4.49. The number of aromatic amines is 1. The lowest BCUT2D eigenvalue weighted by Gasteiger charge is -2.09. The van der Waals surface area contributed by atoms with Crippen molar-refractivity contribution in [3.63, 3.8) is 0 Å². The molecule has 0 spiro atoms. The van der Waals surface area contributed by atoms with Gasteiger partial charge < -0.3 is 5.32 Å². The Morgan fingerprint density at radius 1 is 1.60 bits per heavy atom. The lowest BCUT2D eigenvalue weighted by atomic mass is 10.3. The summed E-state index contributed by atoms with van der Waals surface area (Å²) < 4.78 is 0. The van der Waals surface area contributed by atoms with Crippen molar-refractivity contribution < 1.29 is 4.79 Å². The first-order valence-electron chi connectivity index (χ1n) is 6.53. The Bertz CT molecular complexity index is 538. The van der Waals surface area contributed by atoms with E-state index >= 15 is 0 Å². The number of carbonyl (C=O) groups excluding carboxylic acids is 1. The molecule has 0 fully saturated rings. The summed E-state index contributed by atoms with van der Waals surface area (Å²) in [4.78, 5) is 17.3. The van der Waals surface area contributed by atoms with Crippen LogP contribution in [-0.4, -0.2) is 32.9 Å². The average Bonchev–Trinajstić information content (AvgIpc) is 3.08. The van der Waals surface area contributed by atoms with E-state index in [-0.39, 0.29) is 11.9 Å². The third kappa shape index (κ3) is 4.64. The number of thiophene rings is 1. The van der Waals surface area contributed by atoms with E-state index in [1.807, 2.05) is 25.3 Å². The van der Waals surface area contributed by atoms with Gasteiger partial charge in [0.25, 0.3) is 0 Å². The number of amides is 1. The number of hydrogen-bond acceptors (Lipinski definition) is 5. The summed E-state index contributed by atoms with van der Waals surface area (Å²) in [6, 6.07) is 4.30. The second-order valence-corrected chi connectivity index (χ2v) is 6.46. The topological polar surface area (TPSA) is 70.7 Å². The van der Waals surface area contributed by atoms with Crippen LogP contribution >= 0.6 is 23.1 Å². The molecule has 2 N–H and O–H groups in total. The molecule has 0 aliphatic carbocycles. The first-order valence-corrected chi connectivity index (χ1v) is 8.39. The van der Waals surface area contributed by atoms with Crippen LogP contribution in [0.2, 0.25) is 0 Å². The van der Waals surface area contributed by atoms with E-state index in [0.29, 0.717) is 10.9 Å².